The van der Waals surface area contributed by atoms with Crippen LogP contribution in [0.1, 0.15) is 27.7 Å². The van der Waals surface area contributed by atoms with Crippen LogP contribution in [0.15, 0.2) is 29.1 Å². The number of rotatable bonds is 2. The van der Waals surface area contributed by atoms with E-state index >= 15 is 0 Å². The van der Waals surface area contributed by atoms with Crippen molar-refractivity contribution in [2.75, 3.05) is 24.5 Å². The van der Waals surface area contributed by atoms with Crippen LogP contribution in [0.5, 0.6) is 0 Å². The van der Waals surface area contributed by atoms with E-state index < -0.39 is 17.2 Å². The topological polar surface area (TPSA) is 76.4 Å². The molecule has 170 valence electrons. The van der Waals surface area contributed by atoms with Gasteiger partial charge >= 0.3 is 6.09 Å². The monoisotopic (exact) mass is 508 g/mol. The molecule has 1 saturated heterocycles. The molecule has 1 aliphatic heterocycles. The summed E-state index contributed by atoms with van der Waals surface area (Å²) in [6.07, 6.45) is 1.04. The molecule has 32 heavy (non-hydrogen) atoms. The van der Waals surface area contributed by atoms with Crippen molar-refractivity contribution in [1.29, 1.82) is 0 Å². The molecule has 11 heteroatoms. The molecule has 8 nitrogen and oxygen atoms in total. The number of hydrogen-bond donors (Lipinski definition) is 0. The summed E-state index contributed by atoms with van der Waals surface area (Å²) in [6, 6.07) is 3.06. The molecule has 0 radical (unpaired) electrons. The van der Waals surface area contributed by atoms with Crippen molar-refractivity contribution >= 4 is 38.9 Å². The molecule has 0 spiro atoms. The van der Waals surface area contributed by atoms with E-state index in [2.05, 4.69) is 31.0 Å². The maximum atomic E-state index is 13.8. The van der Waals surface area contributed by atoms with Crippen LogP contribution in [-0.2, 0) is 4.74 Å². The van der Waals surface area contributed by atoms with Gasteiger partial charge in [0.05, 0.1) is 11.1 Å². The van der Waals surface area contributed by atoms with Crippen molar-refractivity contribution < 1.29 is 18.3 Å². The Kier molecular flexibility index (Phi) is 5.78. The van der Waals surface area contributed by atoms with Gasteiger partial charge in [0.2, 0.25) is 0 Å². The Bertz CT molecular complexity index is 1160. The molecule has 1 amide bonds. The predicted molar refractivity (Wildman–Crippen MR) is 119 cm³/mol. The second-order valence-electron chi connectivity index (χ2n) is 8.69. The lowest BCUT2D eigenvalue weighted by Gasteiger charge is -2.40. The number of carbonyl (C=O) groups excluding carboxylic acids is 1. The number of ether oxygens (including phenoxy) is 1. The fraction of sp³-hybridized carbons (Fsp3) is 0.429. The minimum Gasteiger partial charge on any atom is -0.444 e. The maximum Gasteiger partial charge on any atom is 0.410 e. The molecule has 1 aromatic carbocycles. The van der Waals surface area contributed by atoms with Crippen LogP contribution in [0.2, 0.25) is 0 Å². The van der Waals surface area contributed by atoms with Gasteiger partial charge in [-0.3, -0.25) is 0 Å². The van der Waals surface area contributed by atoms with Gasteiger partial charge in [0, 0.05) is 31.7 Å². The lowest BCUT2D eigenvalue weighted by atomic mass is 10.2. The summed E-state index contributed by atoms with van der Waals surface area (Å²) in [7, 11) is 0. The number of piperazine rings is 1. The average molecular weight is 509 g/mol. The molecular weight excluding hydrogens is 486 g/mol. The van der Waals surface area contributed by atoms with Crippen molar-refractivity contribution in [3.63, 3.8) is 0 Å². The third-order valence-electron chi connectivity index (χ3n) is 5.05. The van der Waals surface area contributed by atoms with Crippen molar-refractivity contribution in [1.82, 2.24) is 24.6 Å². The molecule has 1 atom stereocenters. The molecule has 3 aromatic rings. The zero-order chi connectivity index (χ0) is 23.2. The van der Waals surface area contributed by atoms with Crippen molar-refractivity contribution in [2.45, 2.75) is 39.3 Å². The van der Waals surface area contributed by atoms with Crippen LogP contribution < -0.4 is 4.90 Å². The van der Waals surface area contributed by atoms with Crippen LogP contribution in [0, 0.1) is 11.6 Å². The van der Waals surface area contributed by atoms with Gasteiger partial charge in [-0.15, -0.1) is 0 Å². The van der Waals surface area contributed by atoms with Gasteiger partial charge in [0.15, 0.2) is 5.65 Å². The lowest BCUT2D eigenvalue weighted by Crippen LogP contribution is -2.55. The largest absolute Gasteiger partial charge is 0.444 e. The van der Waals surface area contributed by atoms with Crippen LogP contribution in [-0.4, -0.2) is 62.0 Å². The van der Waals surface area contributed by atoms with E-state index in [0.717, 1.165) is 6.07 Å². The molecule has 1 aliphatic rings. The number of aromatic nitrogens is 4. The van der Waals surface area contributed by atoms with Crippen LogP contribution >= 0.6 is 15.9 Å². The molecule has 2 aromatic heterocycles. The van der Waals surface area contributed by atoms with E-state index in [1.165, 1.54) is 23.1 Å². The number of nitrogens with zero attached hydrogens (tertiary/aromatic N) is 6. The molecule has 0 bridgehead atoms. The molecule has 0 unspecified atom stereocenters. The summed E-state index contributed by atoms with van der Waals surface area (Å²) in [5, 5.41) is 5.01. The average Bonchev–Trinajstić information content (AvgIpc) is 3.03. The summed E-state index contributed by atoms with van der Waals surface area (Å²) in [5.41, 5.74) is 0.0582. The van der Waals surface area contributed by atoms with E-state index in [1.807, 2.05) is 32.6 Å². The number of benzene rings is 1. The van der Waals surface area contributed by atoms with Crippen molar-refractivity contribution in [2.24, 2.45) is 0 Å². The highest BCUT2D eigenvalue weighted by atomic mass is 79.9. The van der Waals surface area contributed by atoms with E-state index in [-0.39, 0.29) is 17.8 Å². The first-order valence-corrected chi connectivity index (χ1v) is 10.9. The number of halogens is 3. The molecule has 3 heterocycles. The quantitative estimate of drug-likeness (QED) is 0.513. The van der Waals surface area contributed by atoms with Gasteiger partial charge in [-0.05, 0) is 55.8 Å². The summed E-state index contributed by atoms with van der Waals surface area (Å²) < 4.78 is 34.9. The number of fused-ring (bicyclic) bond motifs is 1. The van der Waals surface area contributed by atoms with Crippen LogP contribution in [0.4, 0.5) is 19.4 Å². The van der Waals surface area contributed by atoms with Crippen LogP contribution in [0.25, 0.3) is 16.7 Å². The second kappa shape index (κ2) is 8.27. The Hall–Kier alpha value is -2.82. The number of amides is 1. The van der Waals surface area contributed by atoms with Gasteiger partial charge in [-0.1, -0.05) is 0 Å². The Morgan fingerprint density at radius 3 is 2.47 bits per heavy atom. The number of hydrogen-bond acceptors (Lipinski definition) is 6. The minimum atomic E-state index is -0.707. The highest BCUT2D eigenvalue weighted by molar-refractivity contribution is 9.10. The van der Waals surface area contributed by atoms with E-state index in [1.54, 1.807) is 4.90 Å². The number of anilines is 1. The molecule has 0 N–H and O–H groups in total. The third-order valence-corrected chi connectivity index (χ3v) is 5.60. The second-order valence-corrected chi connectivity index (χ2v) is 9.45. The molecule has 0 saturated carbocycles. The van der Waals surface area contributed by atoms with Gasteiger partial charge in [-0.2, -0.15) is 5.10 Å². The first kappa shape index (κ1) is 22.4. The Balaban J connectivity index is 1.65. The van der Waals surface area contributed by atoms with E-state index in [9.17, 15) is 13.6 Å². The van der Waals surface area contributed by atoms with Gasteiger partial charge < -0.3 is 14.5 Å². The minimum absolute atomic E-state index is 0.116. The standard InChI is InChI=1S/C21H23BrF2N6O2/c1-12-10-28(5-6-29(12)20(31)32-21(2,3)4)18-16-17(22)27-30(19(16)26-11-25-18)15-8-13(23)7-14(24)9-15/h7-9,11-12H,5-6,10H2,1-4H3/t12-/m1/s1. The SMILES string of the molecule is C[C@@H]1CN(c2ncnc3c2c(Br)nn3-c2cc(F)cc(F)c2)CCN1C(=O)OC(C)(C)C. The molecular formula is C21H23BrF2N6O2. The molecule has 1 fully saturated rings. The van der Waals surface area contributed by atoms with Crippen LogP contribution in [0.3, 0.4) is 0 Å². The predicted octanol–water partition coefficient (Wildman–Crippen LogP) is 4.30. The fourth-order valence-electron chi connectivity index (χ4n) is 3.72. The van der Waals surface area contributed by atoms with E-state index in [0.29, 0.717) is 41.1 Å². The number of carbonyl (C=O) groups is 1. The Labute approximate surface area is 192 Å². The normalized spacial score (nSPS) is 17.2. The van der Waals surface area contributed by atoms with E-state index in [4.69, 9.17) is 4.74 Å². The van der Waals surface area contributed by atoms with Gasteiger partial charge in [0.1, 0.15) is 34.0 Å². The Morgan fingerprint density at radius 1 is 1.16 bits per heavy atom. The van der Waals surface area contributed by atoms with Crippen molar-refractivity contribution in [3.05, 3.63) is 40.8 Å². The fourth-order valence-corrected chi connectivity index (χ4v) is 4.23. The first-order valence-electron chi connectivity index (χ1n) is 10.1. The van der Waals surface area contributed by atoms with Crippen molar-refractivity contribution in [3.8, 4) is 5.69 Å². The zero-order valence-electron chi connectivity index (χ0n) is 18.1. The molecule has 4 rings (SSSR count). The molecule has 0 aliphatic carbocycles. The highest BCUT2D eigenvalue weighted by Crippen LogP contribution is 2.33. The summed E-state index contributed by atoms with van der Waals surface area (Å²) in [5.74, 6) is -0.789. The summed E-state index contributed by atoms with van der Waals surface area (Å²) in [4.78, 5) is 25.0. The Morgan fingerprint density at radius 2 is 1.84 bits per heavy atom. The van der Waals surface area contributed by atoms with Gasteiger partial charge in [0.25, 0.3) is 0 Å². The van der Waals surface area contributed by atoms with Gasteiger partial charge in [-0.25, -0.2) is 28.2 Å². The summed E-state index contributed by atoms with van der Waals surface area (Å²) >= 11 is 3.44. The smallest absolute Gasteiger partial charge is 0.410 e. The first-order chi connectivity index (χ1) is 15.0. The maximum absolute atomic E-state index is 13.8. The highest BCUT2D eigenvalue weighted by Gasteiger charge is 2.32. The zero-order valence-corrected chi connectivity index (χ0v) is 19.7. The third kappa shape index (κ3) is 4.38. The summed E-state index contributed by atoms with van der Waals surface area (Å²) in [6.45, 7) is 8.97. The lowest BCUT2D eigenvalue weighted by molar-refractivity contribution is 0.0159.